The second-order valence-electron chi connectivity index (χ2n) is 7.97. The Morgan fingerprint density at radius 2 is 1.88 bits per heavy atom. The number of likely N-dealkylation sites (tertiary alicyclic amines) is 1. The van der Waals surface area contributed by atoms with Crippen LogP contribution in [0.5, 0.6) is 0 Å². The highest BCUT2D eigenvalue weighted by atomic mass is 16.3. The molecule has 3 heterocycles. The molecule has 1 spiro atoms. The fraction of sp³-hybridized carbons (Fsp3) is 0.632. The first-order valence-electron chi connectivity index (χ1n) is 9.02. The van der Waals surface area contributed by atoms with E-state index in [9.17, 15) is 9.90 Å². The molecular weight excluding hydrogens is 302 g/mol. The summed E-state index contributed by atoms with van der Waals surface area (Å²) in [5, 5.41) is 10.2. The molecule has 130 valence electrons. The zero-order valence-corrected chi connectivity index (χ0v) is 14.6. The molecule has 24 heavy (non-hydrogen) atoms. The number of carbonyl (C=O) groups excluding carboxylic acids is 1. The number of β-amino-alcohol motifs (C(OH)–C–C–N with tert-alkyl or cyclic N) is 1. The topological polar surface area (TPSA) is 47.0 Å². The normalized spacial score (nSPS) is 29.8. The predicted molar refractivity (Wildman–Crippen MR) is 92.9 cm³/mol. The van der Waals surface area contributed by atoms with E-state index in [1.54, 1.807) is 0 Å². The fourth-order valence-electron chi connectivity index (χ4n) is 4.69. The third kappa shape index (κ3) is 2.55. The fourth-order valence-corrected chi connectivity index (χ4v) is 4.69. The first kappa shape index (κ1) is 16.1. The SMILES string of the molecule is CC(C)N1CC2(CN(C(=O)c3ccccc3)CC3CC(O)CN32)C1. The van der Waals surface area contributed by atoms with Crippen LogP contribution < -0.4 is 0 Å². The molecule has 5 heteroatoms. The lowest BCUT2D eigenvalue weighted by molar-refractivity contribution is -0.115. The van der Waals surface area contributed by atoms with E-state index in [4.69, 9.17) is 0 Å². The van der Waals surface area contributed by atoms with Crippen molar-refractivity contribution in [2.75, 3.05) is 32.7 Å². The lowest BCUT2D eigenvalue weighted by atomic mass is 9.82. The summed E-state index contributed by atoms with van der Waals surface area (Å²) in [6, 6.07) is 10.4. The van der Waals surface area contributed by atoms with Crippen LogP contribution in [0.25, 0.3) is 0 Å². The number of aliphatic hydroxyl groups is 1. The van der Waals surface area contributed by atoms with Crippen LogP contribution in [0.3, 0.4) is 0 Å². The maximum Gasteiger partial charge on any atom is 0.253 e. The van der Waals surface area contributed by atoms with Gasteiger partial charge in [0.2, 0.25) is 0 Å². The molecule has 3 fully saturated rings. The zero-order chi connectivity index (χ0) is 16.9. The number of amides is 1. The monoisotopic (exact) mass is 329 g/mol. The number of aliphatic hydroxyl groups excluding tert-OH is 1. The number of carbonyl (C=O) groups is 1. The van der Waals surface area contributed by atoms with Gasteiger partial charge in [-0.3, -0.25) is 14.6 Å². The first-order chi connectivity index (χ1) is 11.5. The Morgan fingerprint density at radius 1 is 1.17 bits per heavy atom. The first-order valence-corrected chi connectivity index (χ1v) is 9.02. The summed E-state index contributed by atoms with van der Waals surface area (Å²) in [5.41, 5.74) is 0.787. The maximum absolute atomic E-state index is 12.9. The molecule has 0 aromatic heterocycles. The van der Waals surface area contributed by atoms with Gasteiger partial charge in [0, 0.05) is 50.4 Å². The quantitative estimate of drug-likeness (QED) is 0.881. The summed E-state index contributed by atoms with van der Waals surface area (Å²) < 4.78 is 0. The number of benzene rings is 1. The van der Waals surface area contributed by atoms with E-state index >= 15 is 0 Å². The molecular formula is C19H27N3O2. The summed E-state index contributed by atoms with van der Waals surface area (Å²) >= 11 is 0. The van der Waals surface area contributed by atoms with Crippen LogP contribution in [0.1, 0.15) is 30.6 Å². The largest absolute Gasteiger partial charge is 0.392 e. The van der Waals surface area contributed by atoms with Crippen molar-refractivity contribution in [1.29, 1.82) is 0 Å². The summed E-state index contributed by atoms with van der Waals surface area (Å²) in [6.07, 6.45) is 0.522. The average molecular weight is 329 g/mol. The van der Waals surface area contributed by atoms with Gasteiger partial charge in [-0.25, -0.2) is 0 Å². The summed E-state index contributed by atoms with van der Waals surface area (Å²) in [5.74, 6) is 0.124. The Kier molecular flexibility index (Phi) is 3.90. The Hall–Kier alpha value is -1.43. The van der Waals surface area contributed by atoms with Crippen LogP contribution in [-0.2, 0) is 0 Å². The third-order valence-corrected chi connectivity index (χ3v) is 5.95. The summed E-state index contributed by atoms with van der Waals surface area (Å²) in [6.45, 7) is 8.68. The van der Waals surface area contributed by atoms with Gasteiger partial charge in [-0.05, 0) is 32.4 Å². The van der Waals surface area contributed by atoms with Gasteiger partial charge in [0.25, 0.3) is 5.91 Å². The van der Waals surface area contributed by atoms with E-state index in [-0.39, 0.29) is 23.6 Å². The molecule has 3 aliphatic heterocycles. The third-order valence-electron chi connectivity index (χ3n) is 5.95. The maximum atomic E-state index is 12.9. The minimum atomic E-state index is -0.258. The van der Waals surface area contributed by atoms with Crippen molar-refractivity contribution in [3.8, 4) is 0 Å². The minimum absolute atomic E-state index is 0.0229. The van der Waals surface area contributed by atoms with Crippen molar-refractivity contribution in [3.63, 3.8) is 0 Å². The molecule has 5 nitrogen and oxygen atoms in total. The molecule has 0 radical (unpaired) electrons. The van der Waals surface area contributed by atoms with Crippen molar-refractivity contribution in [2.45, 2.75) is 44.0 Å². The Balaban J connectivity index is 1.57. The van der Waals surface area contributed by atoms with E-state index < -0.39 is 0 Å². The average Bonchev–Trinajstić information content (AvgIpc) is 2.92. The second-order valence-corrected chi connectivity index (χ2v) is 7.97. The number of piperazine rings is 1. The standard InChI is InChI=1S/C19H27N3O2/c1-14(2)21-12-19(13-21)11-20(9-16-8-17(23)10-22(16)19)18(24)15-6-4-3-5-7-15/h3-7,14,16-17,23H,8-13H2,1-2H3. The van der Waals surface area contributed by atoms with Crippen molar-refractivity contribution in [3.05, 3.63) is 35.9 Å². The molecule has 1 amide bonds. The Bertz CT molecular complexity index is 612. The van der Waals surface area contributed by atoms with Gasteiger partial charge in [-0.1, -0.05) is 18.2 Å². The molecule has 4 rings (SSSR count). The van der Waals surface area contributed by atoms with E-state index in [2.05, 4.69) is 23.6 Å². The van der Waals surface area contributed by atoms with Crippen molar-refractivity contribution in [2.24, 2.45) is 0 Å². The molecule has 0 bridgehead atoms. The lowest BCUT2D eigenvalue weighted by Crippen LogP contribution is -2.79. The van der Waals surface area contributed by atoms with Crippen LogP contribution in [0.15, 0.2) is 30.3 Å². The number of fused-ring (bicyclic) bond motifs is 2. The molecule has 2 atom stereocenters. The van der Waals surface area contributed by atoms with Crippen LogP contribution in [0.2, 0.25) is 0 Å². The molecule has 1 aromatic rings. The highest BCUT2D eigenvalue weighted by Gasteiger charge is 2.56. The zero-order valence-electron chi connectivity index (χ0n) is 14.6. The second kappa shape index (κ2) is 5.83. The molecule has 0 saturated carbocycles. The number of rotatable bonds is 2. The van der Waals surface area contributed by atoms with Crippen LogP contribution in [0.4, 0.5) is 0 Å². The highest BCUT2D eigenvalue weighted by molar-refractivity contribution is 5.94. The van der Waals surface area contributed by atoms with Gasteiger partial charge in [0.15, 0.2) is 0 Å². The van der Waals surface area contributed by atoms with Crippen LogP contribution in [0, 0.1) is 0 Å². The van der Waals surface area contributed by atoms with Crippen molar-refractivity contribution in [1.82, 2.24) is 14.7 Å². The minimum Gasteiger partial charge on any atom is -0.392 e. The van der Waals surface area contributed by atoms with Crippen molar-refractivity contribution < 1.29 is 9.90 Å². The molecule has 2 unspecified atom stereocenters. The predicted octanol–water partition coefficient (Wildman–Crippen LogP) is 1.04. The Labute approximate surface area is 143 Å². The number of hydrogen-bond donors (Lipinski definition) is 1. The smallest absolute Gasteiger partial charge is 0.253 e. The van der Waals surface area contributed by atoms with Gasteiger partial charge in [-0.15, -0.1) is 0 Å². The summed E-state index contributed by atoms with van der Waals surface area (Å²) in [4.78, 5) is 19.9. The Morgan fingerprint density at radius 3 is 2.54 bits per heavy atom. The lowest BCUT2D eigenvalue weighted by Gasteiger charge is -2.62. The van der Waals surface area contributed by atoms with Crippen molar-refractivity contribution >= 4 is 5.91 Å². The molecule has 1 aromatic carbocycles. The number of hydrogen-bond acceptors (Lipinski definition) is 4. The van der Waals surface area contributed by atoms with Gasteiger partial charge in [-0.2, -0.15) is 0 Å². The summed E-state index contributed by atoms with van der Waals surface area (Å²) in [7, 11) is 0. The molecule has 0 aliphatic carbocycles. The van der Waals surface area contributed by atoms with E-state index in [1.165, 1.54) is 0 Å². The molecule has 3 aliphatic rings. The van der Waals surface area contributed by atoms with Gasteiger partial charge in [0.05, 0.1) is 11.6 Å². The molecule has 1 N–H and O–H groups in total. The number of nitrogens with zero attached hydrogens (tertiary/aromatic N) is 3. The highest BCUT2D eigenvalue weighted by Crippen LogP contribution is 2.39. The van der Waals surface area contributed by atoms with E-state index in [0.29, 0.717) is 6.04 Å². The van der Waals surface area contributed by atoms with Crippen LogP contribution >= 0.6 is 0 Å². The van der Waals surface area contributed by atoms with E-state index in [0.717, 1.165) is 44.7 Å². The van der Waals surface area contributed by atoms with Gasteiger partial charge < -0.3 is 10.0 Å². The molecule has 3 saturated heterocycles. The van der Waals surface area contributed by atoms with Gasteiger partial charge in [0.1, 0.15) is 0 Å². The van der Waals surface area contributed by atoms with Gasteiger partial charge >= 0.3 is 0 Å². The van der Waals surface area contributed by atoms with Crippen LogP contribution in [-0.4, -0.2) is 82.2 Å². The van der Waals surface area contributed by atoms with E-state index in [1.807, 2.05) is 35.2 Å².